The monoisotopic (exact) mass is 272 g/mol. The van der Waals surface area contributed by atoms with Crippen molar-refractivity contribution in [2.75, 3.05) is 11.5 Å². The highest BCUT2D eigenvalue weighted by molar-refractivity contribution is 7.91. The molecule has 6 nitrogen and oxygen atoms in total. The zero-order chi connectivity index (χ0) is 13.3. The summed E-state index contributed by atoms with van der Waals surface area (Å²) in [7, 11) is -2.90. The van der Waals surface area contributed by atoms with Crippen LogP contribution in [0.5, 0.6) is 0 Å². The van der Waals surface area contributed by atoms with E-state index in [0.717, 1.165) is 18.2 Å². The Balaban J connectivity index is 2.30. The number of nitrogens with zero attached hydrogens (tertiary/aromatic N) is 3. The van der Waals surface area contributed by atoms with E-state index in [9.17, 15) is 8.42 Å². The molecule has 1 aliphatic rings. The van der Waals surface area contributed by atoms with E-state index in [0.29, 0.717) is 18.9 Å². The minimum absolute atomic E-state index is 0.0263. The van der Waals surface area contributed by atoms with Gasteiger partial charge in [-0.25, -0.2) is 8.42 Å². The molecule has 7 heteroatoms. The van der Waals surface area contributed by atoms with Gasteiger partial charge in [-0.15, -0.1) is 10.2 Å². The number of aromatic nitrogens is 3. The normalized spacial score (nSPS) is 22.8. The van der Waals surface area contributed by atoms with E-state index in [1.54, 1.807) is 0 Å². The second kappa shape index (κ2) is 4.97. The van der Waals surface area contributed by atoms with Crippen LogP contribution in [0.15, 0.2) is 0 Å². The van der Waals surface area contributed by atoms with E-state index < -0.39 is 9.84 Å². The predicted octanol–water partition coefficient (Wildman–Crippen LogP) is 0.295. The summed E-state index contributed by atoms with van der Waals surface area (Å²) in [5.41, 5.74) is 5.65. The maximum atomic E-state index is 11.5. The molecule has 0 aliphatic carbocycles. The van der Waals surface area contributed by atoms with Crippen LogP contribution < -0.4 is 5.73 Å². The summed E-state index contributed by atoms with van der Waals surface area (Å²) in [5.74, 6) is 2.38. The second-order valence-electron chi connectivity index (χ2n) is 5.28. The summed E-state index contributed by atoms with van der Waals surface area (Å²) >= 11 is 0. The molecular formula is C11H20N4O2S. The lowest BCUT2D eigenvalue weighted by Crippen LogP contribution is -2.17. The summed E-state index contributed by atoms with van der Waals surface area (Å²) in [4.78, 5) is 0. The molecule has 0 saturated carbocycles. The molecule has 0 spiro atoms. The largest absolute Gasteiger partial charge is 0.324 e. The highest BCUT2D eigenvalue weighted by Crippen LogP contribution is 2.28. The van der Waals surface area contributed by atoms with Crippen molar-refractivity contribution >= 4 is 9.84 Å². The molecule has 1 aromatic rings. The summed E-state index contributed by atoms with van der Waals surface area (Å²) in [6.07, 6.45) is 0.642. The Morgan fingerprint density at radius 2 is 2.17 bits per heavy atom. The molecule has 1 fully saturated rings. The third-order valence-electron chi connectivity index (χ3n) is 3.18. The zero-order valence-corrected chi connectivity index (χ0v) is 11.7. The standard InChI is InChI=1S/C11H20N4O2S/c1-8(2)6-15-10(5-12)13-14-11(15)9-3-4-18(16,17)7-9/h8-9H,3-7,12H2,1-2H3. The molecule has 1 atom stereocenters. The highest BCUT2D eigenvalue weighted by Gasteiger charge is 2.33. The van der Waals surface area contributed by atoms with E-state index in [-0.39, 0.29) is 17.4 Å². The van der Waals surface area contributed by atoms with Crippen molar-refractivity contribution in [1.29, 1.82) is 0 Å². The Morgan fingerprint density at radius 3 is 2.67 bits per heavy atom. The van der Waals surface area contributed by atoms with Gasteiger partial charge in [0, 0.05) is 12.5 Å². The number of sulfone groups is 1. The minimum atomic E-state index is -2.90. The van der Waals surface area contributed by atoms with Gasteiger partial charge in [-0.3, -0.25) is 0 Å². The molecule has 2 heterocycles. The van der Waals surface area contributed by atoms with Gasteiger partial charge in [-0.2, -0.15) is 0 Å². The van der Waals surface area contributed by atoms with E-state index in [4.69, 9.17) is 5.73 Å². The Kier molecular flexibility index (Phi) is 3.72. The lowest BCUT2D eigenvalue weighted by atomic mass is 10.1. The summed E-state index contributed by atoms with van der Waals surface area (Å²) in [5, 5.41) is 8.23. The van der Waals surface area contributed by atoms with Gasteiger partial charge in [0.25, 0.3) is 0 Å². The molecule has 1 aromatic heterocycles. The summed E-state index contributed by atoms with van der Waals surface area (Å²) in [6, 6.07) is 0. The number of hydrogen-bond acceptors (Lipinski definition) is 5. The molecule has 1 unspecified atom stereocenters. The SMILES string of the molecule is CC(C)Cn1c(CN)nnc1C1CCS(=O)(=O)C1. The van der Waals surface area contributed by atoms with Crippen molar-refractivity contribution in [1.82, 2.24) is 14.8 Å². The molecule has 0 amide bonds. The predicted molar refractivity (Wildman–Crippen MR) is 68.8 cm³/mol. The average Bonchev–Trinajstić information content (AvgIpc) is 2.81. The van der Waals surface area contributed by atoms with Crippen LogP contribution in [0.25, 0.3) is 0 Å². The Morgan fingerprint density at radius 1 is 1.44 bits per heavy atom. The van der Waals surface area contributed by atoms with Gasteiger partial charge in [0.15, 0.2) is 9.84 Å². The first-order valence-corrected chi connectivity index (χ1v) is 8.07. The van der Waals surface area contributed by atoms with Gasteiger partial charge < -0.3 is 10.3 Å². The van der Waals surface area contributed by atoms with Gasteiger partial charge in [0.05, 0.1) is 18.1 Å². The first kappa shape index (κ1) is 13.5. The van der Waals surface area contributed by atoms with Crippen LogP contribution in [0.2, 0.25) is 0 Å². The van der Waals surface area contributed by atoms with Gasteiger partial charge in [0.1, 0.15) is 11.6 Å². The highest BCUT2D eigenvalue weighted by atomic mass is 32.2. The topological polar surface area (TPSA) is 90.9 Å². The average molecular weight is 272 g/mol. The molecule has 1 aliphatic heterocycles. The van der Waals surface area contributed by atoms with Gasteiger partial charge in [-0.1, -0.05) is 13.8 Å². The van der Waals surface area contributed by atoms with Crippen molar-refractivity contribution < 1.29 is 8.42 Å². The Bertz CT molecular complexity index is 521. The van der Waals surface area contributed by atoms with E-state index in [2.05, 4.69) is 24.0 Å². The maximum absolute atomic E-state index is 11.5. The fourth-order valence-corrected chi connectivity index (χ4v) is 4.10. The first-order valence-electron chi connectivity index (χ1n) is 6.25. The molecule has 0 bridgehead atoms. The molecule has 0 radical (unpaired) electrons. The first-order chi connectivity index (χ1) is 8.43. The quantitative estimate of drug-likeness (QED) is 0.851. The van der Waals surface area contributed by atoms with E-state index in [1.165, 1.54) is 0 Å². The van der Waals surface area contributed by atoms with Crippen LogP contribution in [-0.2, 0) is 22.9 Å². The van der Waals surface area contributed by atoms with E-state index in [1.807, 2.05) is 4.57 Å². The van der Waals surface area contributed by atoms with Crippen LogP contribution >= 0.6 is 0 Å². The molecular weight excluding hydrogens is 252 g/mol. The number of nitrogens with two attached hydrogens (primary N) is 1. The van der Waals surface area contributed by atoms with Crippen molar-refractivity contribution in [3.63, 3.8) is 0 Å². The van der Waals surface area contributed by atoms with Gasteiger partial charge in [0.2, 0.25) is 0 Å². The minimum Gasteiger partial charge on any atom is -0.324 e. The van der Waals surface area contributed by atoms with Crippen molar-refractivity contribution in [3.05, 3.63) is 11.6 Å². The second-order valence-corrected chi connectivity index (χ2v) is 7.51. The molecule has 0 aromatic carbocycles. The molecule has 2 N–H and O–H groups in total. The van der Waals surface area contributed by atoms with Crippen LogP contribution in [0, 0.1) is 5.92 Å². The number of rotatable bonds is 4. The van der Waals surface area contributed by atoms with E-state index >= 15 is 0 Å². The molecule has 18 heavy (non-hydrogen) atoms. The maximum Gasteiger partial charge on any atom is 0.151 e. The smallest absolute Gasteiger partial charge is 0.151 e. The molecule has 102 valence electrons. The van der Waals surface area contributed by atoms with Crippen LogP contribution in [0.4, 0.5) is 0 Å². The molecule has 2 rings (SSSR count). The fraction of sp³-hybridized carbons (Fsp3) is 0.818. The Labute approximate surface area is 108 Å². The van der Waals surface area contributed by atoms with Crippen LogP contribution in [0.1, 0.15) is 37.8 Å². The van der Waals surface area contributed by atoms with Gasteiger partial charge >= 0.3 is 0 Å². The van der Waals surface area contributed by atoms with Crippen molar-refractivity contribution in [2.45, 2.75) is 39.3 Å². The van der Waals surface area contributed by atoms with Crippen molar-refractivity contribution in [3.8, 4) is 0 Å². The summed E-state index contributed by atoms with van der Waals surface area (Å²) in [6.45, 7) is 5.33. The van der Waals surface area contributed by atoms with Crippen molar-refractivity contribution in [2.24, 2.45) is 11.7 Å². The van der Waals surface area contributed by atoms with Gasteiger partial charge in [-0.05, 0) is 12.3 Å². The third kappa shape index (κ3) is 2.72. The summed E-state index contributed by atoms with van der Waals surface area (Å²) < 4.78 is 25.1. The molecule has 1 saturated heterocycles. The fourth-order valence-electron chi connectivity index (χ4n) is 2.36. The van der Waals surface area contributed by atoms with Crippen LogP contribution in [-0.4, -0.2) is 34.7 Å². The third-order valence-corrected chi connectivity index (χ3v) is 4.95. The number of hydrogen-bond donors (Lipinski definition) is 1. The zero-order valence-electron chi connectivity index (χ0n) is 10.8. The lowest BCUT2D eigenvalue weighted by Gasteiger charge is -2.14. The van der Waals surface area contributed by atoms with Crippen LogP contribution in [0.3, 0.4) is 0 Å². The Hall–Kier alpha value is -0.950. The lowest BCUT2D eigenvalue weighted by molar-refractivity contribution is 0.480.